The monoisotopic (exact) mass is 286 g/mol. The van der Waals surface area contributed by atoms with E-state index < -0.39 is 0 Å². The molecule has 0 unspecified atom stereocenters. The lowest BCUT2D eigenvalue weighted by Gasteiger charge is -2.30. The Kier molecular flexibility index (Phi) is 3.36. The van der Waals surface area contributed by atoms with Crippen molar-refractivity contribution in [3.05, 3.63) is 58.6 Å². The molecule has 0 saturated carbocycles. The van der Waals surface area contributed by atoms with E-state index in [-0.39, 0.29) is 5.91 Å². The summed E-state index contributed by atoms with van der Waals surface area (Å²) in [7, 11) is 0. The number of benzene rings is 2. The third-order valence-electron chi connectivity index (χ3n) is 3.66. The van der Waals surface area contributed by atoms with Gasteiger partial charge in [0.1, 0.15) is 0 Å². The summed E-state index contributed by atoms with van der Waals surface area (Å²) in [6, 6.07) is 13.4. The van der Waals surface area contributed by atoms with E-state index in [9.17, 15) is 4.79 Å². The Bertz CT molecular complexity index is 649. The van der Waals surface area contributed by atoms with Gasteiger partial charge in [0.2, 0.25) is 5.91 Å². The number of fused-ring (bicyclic) bond motifs is 1. The number of carbonyl (C=O) groups is 1. The first-order chi connectivity index (χ1) is 9.66. The number of halogens is 1. The number of hydrogen-bond acceptors (Lipinski definition) is 2. The van der Waals surface area contributed by atoms with Gasteiger partial charge in [-0.1, -0.05) is 35.9 Å². The average Bonchev–Trinajstić information content (AvgIpc) is 2.45. The molecule has 0 bridgehead atoms. The average molecular weight is 287 g/mol. The largest absolute Gasteiger partial charge is 0.398 e. The predicted octanol–water partition coefficient (Wildman–Crippen LogP) is 3.40. The zero-order chi connectivity index (χ0) is 14.1. The van der Waals surface area contributed by atoms with Crippen LogP contribution in [-0.4, -0.2) is 5.91 Å². The number of nitrogens with two attached hydrogens (primary N) is 1. The van der Waals surface area contributed by atoms with Crippen LogP contribution in [0.3, 0.4) is 0 Å². The van der Waals surface area contributed by atoms with Crippen LogP contribution in [0.1, 0.15) is 17.5 Å². The molecule has 2 aromatic carbocycles. The molecule has 0 spiro atoms. The van der Waals surface area contributed by atoms with Crippen molar-refractivity contribution in [3.63, 3.8) is 0 Å². The summed E-state index contributed by atoms with van der Waals surface area (Å²) in [6.07, 6.45) is 1.32. The van der Waals surface area contributed by atoms with Gasteiger partial charge in [0, 0.05) is 28.4 Å². The lowest BCUT2D eigenvalue weighted by molar-refractivity contribution is -0.119. The highest BCUT2D eigenvalue weighted by Crippen LogP contribution is 2.31. The summed E-state index contributed by atoms with van der Waals surface area (Å²) in [4.78, 5) is 14.0. The van der Waals surface area contributed by atoms with Crippen LogP contribution in [0, 0.1) is 0 Å². The Morgan fingerprint density at radius 3 is 2.70 bits per heavy atom. The summed E-state index contributed by atoms with van der Waals surface area (Å²) >= 11 is 6.21. The van der Waals surface area contributed by atoms with Gasteiger partial charge in [-0.05, 0) is 30.2 Å². The van der Waals surface area contributed by atoms with Gasteiger partial charge >= 0.3 is 0 Å². The Labute approximate surface area is 123 Å². The van der Waals surface area contributed by atoms with Crippen LogP contribution < -0.4 is 10.6 Å². The summed E-state index contributed by atoms with van der Waals surface area (Å²) in [5.41, 5.74) is 9.56. The number of para-hydroxylation sites is 1. The first kappa shape index (κ1) is 13.0. The van der Waals surface area contributed by atoms with Crippen LogP contribution in [0.2, 0.25) is 5.02 Å². The van der Waals surface area contributed by atoms with Gasteiger partial charge in [-0.3, -0.25) is 4.79 Å². The quantitative estimate of drug-likeness (QED) is 0.860. The van der Waals surface area contributed by atoms with Gasteiger partial charge in [0.25, 0.3) is 0 Å². The van der Waals surface area contributed by atoms with Crippen molar-refractivity contribution in [2.45, 2.75) is 19.4 Å². The van der Waals surface area contributed by atoms with E-state index in [1.165, 1.54) is 5.56 Å². The molecule has 102 valence electrons. The molecule has 0 aliphatic carbocycles. The third kappa shape index (κ3) is 2.25. The van der Waals surface area contributed by atoms with Crippen molar-refractivity contribution >= 4 is 28.9 Å². The molecular weight excluding hydrogens is 272 g/mol. The van der Waals surface area contributed by atoms with E-state index in [0.29, 0.717) is 23.7 Å². The van der Waals surface area contributed by atoms with Crippen molar-refractivity contribution in [1.82, 2.24) is 0 Å². The molecule has 1 aliphatic rings. The number of nitrogens with zero attached hydrogens (tertiary/aromatic N) is 1. The molecule has 0 atom stereocenters. The fraction of sp³-hybridized carbons (Fsp3) is 0.188. The fourth-order valence-electron chi connectivity index (χ4n) is 2.57. The standard InChI is InChI=1S/C16H15ClN2O/c17-13-5-3-6-14(18)12(13)10-19-15-7-2-1-4-11(15)8-9-16(19)20/h1-7H,8-10,18H2. The van der Waals surface area contributed by atoms with E-state index in [2.05, 4.69) is 6.07 Å². The zero-order valence-electron chi connectivity index (χ0n) is 11.0. The van der Waals surface area contributed by atoms with Crippen molar-refractivity contribution in [3.8, 4) is 0 Å². The lowest BCUT2D eigenvalue weighted by atomic mass is 10.0. The van der Waals surface area contributed by atoms with Crippen LogP contribution in [0.5, 0.6) is 0 Å². The van der Waals surface area contributed by atoms with Crippen molar-refractivity contribution in [2.75, 3.05) is 10.6 Å². The summed E-state index contributed by atoms with van der Waals surface area (Å²) in [5, 5.41) is 0.598. The zero-order valence-corrected chi connectivity index (χ0v) is 11.7. The van der Waals surface area contributed by atoms with Crippen molar-refractivity contribution in [1.29, 1.82) is 0 Å². The number of hydrogen-bond donors (Lipinski definition) is 1. The second kappa shape index (κ2) is 5.17. The molecule has 1 amide bonds. The molecule has 20 heavy (non-hydrogen) atoms. The van der Waals surface area contributed by atoms with Gasteiger partial charge in [-0.2, -0.15) is 0 Å². The molecule has 4 heteroatoms. The number of nitrogen functional groups attached to an aromatic ring is 1. The molecule has 0 aromatic heterocycles. The van der Waals surface area contributed by atoms with E-state index >= 15 is 0 Å². The van der Waals surface area contributed by atoms with Crippen LogP contribution in [0.15, 0.2) is 42.5 Å². The van der Waals surface area contributed by atoms with Gasteiger partial charge in [-0.15, -0.1) is 0 Å². The molecular formula is C16H15ClN2O. The van der Waals surface area contributed by atoms with E-state index in [4.69, 9.17) is 17.3 Å². The first-order valence-corrected chi connectivity index (χ1v) is 6.96. The molecule has 2 N–H and O–H groups in total. The maximum atomic E-state index is 12.2. The number of rotatable bonds is 2. The maximum Gasteiger partial charge on any atom is 0.227 e. The molecule has 1 aliphatic heterocycles. The molecule has 3 nitrogen and oxygen atoms in total. The van der Waals surface area contributed by atoms with Crippen LogP contribution in [-0.2, 0) is 17.8 Å². The Morgan fingerprint density at radius 1 is 1.10 bits per heavy atom. The normalized spacial score (nSPS) is 14.2. The third-order valence-corrected chi connectivity index (χ3v) is 4.02. The fourth-order valence-corrected chi connectivity index (χ4v) is 2.81. The molecule has 1 heterocycles. The van der Waals surface area contributed by atoms with E-state index in [0.717, 1.165) is 17.7 Å². The van der Waals surface area contributed by atoms with E-state index in [1.807, 2.05) is 30.3 Å². The molecule has 2 aromatic rings. The minimum Gasteiger partial charge on any atom is -0.398 e. The van der Waals surface area contributed by atoms with Crippen molar-refractivity contribution in [2.24, 2.45) is 0 Å². The number of carbonyl (C=O) groups excluding carboxylic acids is 1. The Balaban J connectivity index is 2.00. The minimum atomic E-state index is 0.114. The Hall–Kier alpha value is -2.00. The Morgan fingerprint density at radius 2 is 1.90 bits per heavy atom. The molecule has 0 saturated heterocycles. The molecule has 0 fully saturated rings. The highest BCUT2D eigenvalue weighted by molar-refractivity contribution is 6.31. The van der Waals surface area contributed by atoms with Crippen LogP contribution in [0.4, 0.5) is 11.4 Å². The number of aryl methyl sites for hydroxylation is 1. The van der Waals surface area contributed by atoms with Crippen molar-refractivity contribution < 1.29 is 4.79 Å². The summed E-state index contributed by atoms with van der Waals surface area (Å²) in [5.74, 6) is 0.114. The highest BCUT2D eigenvalue weighted by Gasteiger charge is 2.24. The predicted molar refractivity (Wildman–Crippen MR) is 81.8 cm³/mol. The maximum absolute atomic E-state index is 12.2. The first-order valence-electron chi connectivity index (χ1n) is 6.58. The van der Waals surface area contributed by atoms with Crippen LogP contribution in [0.25, 0.3) is 0 Å². The summed E-state index contributed by atoms with van der Waals surface area (Å²) < 4.78 is 0. The SMILES string of the molecule is Nc1cccc(Cl)c1CN1C(=O)CCc2ccccc21. The lowest BCUT2D eigenvalue weighted by Crippen LogP contribution is -2.34. The number of amides is 1. The van der Waals surface area contributed by atoms with Gasteiger partial charge in [-0.25, -0.2) is 0 Å². The topological polar surface area (TPSA) is 46.3 Å². The second-order valence-corrected chi connectivity index (χ2v) is 5.32. The van der Waals surface area contributed by atoms with Crippen LogP contribution >= 0.6 is 11.6 Å². The van der Waals surface area contributed by atoms with E-state index in [1.54, 1.807) is 11.0 Å². The second-order valence-electron chi connectivity index (χ2n) is 4.92. The number of anilines is 2. The minimum absolute atomic E-state index is 0.114. The molecule has 3 rings (SSSR count). The molecule has 0 radical (unpaired) electrons. The van der Waals surface area contributed by atoms with Gasteiger partial charge in [0.05, 0.1) is 6.54 Å². The summed E-state index contributed by atoms with van der Waals surface area (Å²) in [6.45, 7) is 0.418. The highest BCUT2D eigenvalue weighted by atomic mass is 35.5. The van der Waals surface area contributed by atoms with Gasteiger partial charge < -0.3 is 10.6 Å². The smallest absolute Gasteiger partial charge is 0.227 e. The van der Waals surface area contributed by atoms with Gasteiger partial charge in [0.15, 0.2) is 0 Å².